The van der Waals surface area contributed by atoms with Crippen LogP contribution in [0.1, 0.15) is 40.4 Å². The number of halogens is 2. The van der Waals surface area contributed by atoms with Gasteiger partial charge in [0.25, 0.3) is 5.91 Å². The summed E-state index contributed by atoms with van der Waals surface area (Å²) < 4.78 is 7.01. The Kier molecular flexibility index (Phi) is 7.17. The van der Waals surface area contributed by atoms with Crippen molar-refractivity contribution < 1.29 is 9.21 Å². The SMILES string of the molecule is Cc1cc(C2CCCNC2)oc(=O)c1C(=O)Nc1ccc2ncnn2c1.Cl.Cl. The summed E-state index contributed by atoms with van der Waals surface area (Å²) in [6.07, 6.45) is 5.08. The lowest BCUT2D eigenvalue weighted by molar-refractivity contribution is 0.102. The van der Waals surface area contributed by atoms with Crippen LogP contribution in [-0.2, 0) is 0 Å². The van der Waals surface area contributed by atoms with Gasteiger partial charge in [-0.2, -0.15) is 5.10 Å². The summed E-state index contributed by atoms with van der Waals surface area (Å²) in [7, 11) is 0. The lowest BCUT2D eigenvalue weighted by atomic mass is 9.95. The molecule has 1 atom stereocenters. The van der Waals surface area contributed by atoms with E-state index < -0.39 is 11.5 Å². The second-order valence-corrected chi connectivity index (χ2v) is 6.47. The monoisotopic (exact) mass is 425 g/mol. The molecule has 1 unspecified atom stereocenters. The highest BCUT2D eigenvalue weighted by molar-refractivity contribution is 6.04. The first kappa shape index (κ1) is 21.9. The van der Waals surface area contributed by atoms with Crippen molar-refractivity contribution in [2.45, 2.75) is 25.7 Å². The molecular weight excluding hydrogens is 405 g/mol. The highest BCUT2D eigenvalue weighted by Gasteiger charge is 2.22. The average molecular weight is 426 g/mol. The third-order valence-electron chi connectivity index (χ3n) is 4.63. The number of amides is 1. The number of anilines is 1. The van der Waals surface area contributed by atoms with Crippen LogP contribution in [0, 0.1) is 6.92 Å². The third-order valence-corrected chi connectivity index (χ3v) is 4.63. The Bertz CT molecular complexity index is 1030. The van der Waals surface area contributed by atoms with E-state index in [-0.39, 0.29) is 36.3 Å². The maximum atomic E-state index is 12.6. The molecule has 4 heterocycles. The molecule has 0 saturated carbocycles. The molecule has 1 saturated heterocycles. The van der Waals surface area contributed by atoms with E-state index in [9.17, 15) is 9.59 Å². The summed E-state index contributed by atoms with van der Waals surface area (Å²) >= 11 is 0. The van der Waals surface area contributed by atoms with Gasteiger partial charge in [-0.3, -0.25) is 4.79 Å². The lowest BCUT2D eigenvalue weighted by Crippen LogP contribution is -2.30. The number of hydrogen-bond acceptors (Lipinski definition) is 6. The Balaban J connectivity index is 0.00000140. The van der Waals surface area contributed by atoms with Gasteiger partial charge in [0.05, 0.1) is 11.9 Å². The number of nitrogens with one attached hydrogen (secondary N) is 2. The highest BCUT2D eigenvalue weighted by Crippen LogP contribution is 2.23. The van der Waals surface area contributed by atoms with Gasteiger partial charge in [0.1, 0.15) is 17.7 Å². The summed E-state index contributed by atoms with van der Waals surface area (Å²) in [6, 6.07) is 5.24. The Morgan fingerprint density at radius 3 is 2.89 bits per heavy atom. The molecule has 10 heteroatoms. The standard InChI is InChI=1S/C18H19N5O3.2ClH/c1-11-7-14(12-3-2-6-19-8-12)26-18(25)16(11)17(24)22-13-4-5-15-20-10-21-23(15)9-13;;/h4-5,7,9-10,12,19H,2-3,6,8H2,1H3,(H,22,24);2*1H. The number of rotatable bonds is 3. The van der Waals surface area contributed by atoms with Crippen LogP contribution in [0.25, 0.3) is 5.65 Å². The van der Waals surface area contributed by atoms with Crippen LogP contribution in [-0.4, -0.2) is 33.6 Å². The largest absolute Gasteiger partial charge is 0.427 e. The van der Waals surface area contributed by atoms with Crippen LogP contribution in [0.4, 0.5) is 5.69 Å². The highest BCUT2D eigenvalue weighted by atomic mass is 35.5. The van der Waals surface area contributed by atoms with Gasteiger partial charge in [-0.05, 0) is 50.1 Å². The van der Waals surface area contributed by atoms with Crippen LogP contribution in [0.15, 0.2) is 39.9 Å². The molecule has 0 aromatic carbocycles. The summed E-state index contributed by atoms with van der Waals surface area (Å²) in [6.45, 7) is 3.52. The van der Waals surface area contributed by atoms with E-state index in [2.05, 4.69) is 20.7 Å². The number of fused-ring (bicyclic) bond motifs is 1. The van der Waals surface area contributed by atoms with E-state index in [0.717, 1.165) is 25.9 Å². The maximum Gasteiger partial charge on any atom is 0.349 e. The van der Waals surface area contributed by atoms with E-state index in [1.165, 1.54) is 6.33 Å². The molecule has 1 aliphatic rings. The van der Waals surface area contributed by atoms with Crippen molar-refractivity contribution in [1.82, 2.24) is 19.9 Å². The van der Waals surface area contributed by atoms with Crippen LogP contribution in [0.3, 0.4) is 0 Å². The van der Waals surface area contributed by atoms with Gasteiger partial charge >= 0.3 is 5.63 Å². The van der Waals surface area contributed by atoms with Gasteiger partial charge < -0.3 is 15.1 Å². The fourth-order valence-corrected chi connectivity index (χ4v) is 3.29. The number of aromatic nitrogens is 3. The summed E-state index contributed by atoms with van der Waals surface area (Å²) in [5.74, 6) is 0.311. The Morgan fingerprint density at radius 2 is 2.18 bits per heavy atom. The topological polar surface area (TPSA) is 102 Å². The fourth-order valence-electron chi connectivity index (χ4n) is 3.29. The molecule has 3 aromatic heterocycles. The van der Waals surface area contributed by atoms with Crippen molar-refractivity contribution in [3.63, 3.8) is 0 Å². The minimum atomic E-state index is -0.607. The average Bonchev–Trinajstić information content (AvgIpc) is 3.09. The van der Waals surface area contributed by atoms with E-state index in [0.29, 0.717) is 22.7 Å². The molecule has 8 nitrogen and oxygen atoms in total. The van der Waals surface area contributed by atoms with Crippen LogP contribution in [0.2, 0.25) is 0 Å². The molecule has 1 aliphatic heterocycles. The van der Waals surface area contributed by atoms with Gasteiger partial charge in [-0.15, -0.1) is 24.8 Å². The van der Waals surface area contributed by atoms with Crippen molar-refractivity contribution in [3.05, 3.63) is 58.0 Å². The van der Waals surface area contributed by atoms with Crippen LogP contribution < -0.4 is 16.3 Å². The first-order valence-corrected chi connectivity index (χ1v) is 8.58. The van der Waals surface area contributed by atoms with Crippen molar-refractivity contribution in [2.75, 3.05) is 18.4 Å². The predicted molar refractivity (Wildman–Crippen MR) is 110 cm³/mol. The third kappa shape index (κ3) is 4.35. The Labute approximate surface area is 173 Å². The number of carbonyl (C=O) groups is 1. The zero-order valence-electron chi connectivity index (χ0n) is 15.2. The molecule has 3 aromatic rings. The van der Waals surface area contributed by atoms with Gasteiger partial charge in [0.2, 0.25) is 0 Å². The molecule has 1 fully saturated rings. The van der Waals surface area contributed by atoms with Gasteiger partial charge in [-0.1, -0.05) is 0 Å². The maximum absolute atomic E-state index is 12.6. The van der Waals surface area contributed by atoms with Crippen molar-refractivity contribution in [1.29, 1.82) is 0 Å². The predicted octanol–water partition coefficient (Wildman–Crippen LogP) is 2.55. The molecule has 0 radical (unpaired) electrons. The van der Waals surface area contributed by atoms with E-state index in [1.54, 1.807) is 35.8 Å². The molecule has 0 aliphatic carbocycles. The van der Waals surface area contributed by atoms with Crippen molar-refractivity contribution in [3.8, 4) is 0 Å². The summed E-state index contributed by atoms with van der Waals surface area (Å²) in [4.78, 5) is 29.1. The molecule has 1 amide bonds. The molecule has 28 heavy (non-hydrogen) atoms. The second kappa shape index (κ2) is 9.18. The number of nitrogens with zero attached hydrogens (tertiary/aromatic N) is 3. The number of carbonyl (C=O) groups excluding carboxylic acids is 1. The molecular formula is C18H21Cl2N5O3. The number of pyridine rings is 1. The van der Waals surface area contributed by atoms with Crippen molar-refractivity contribution >= 4 is 42.1 Å². The fraction of sp³-hybridized carbons (Fsp3) is 0.333. The first-order chi connectivity index (χ1) is 12.6. The van der Waals surface area contributed by atoms with E-state index in [1.807, 2.05) is 0 Å². The van der Waals surface area contributed by atoms with Gasteiger partial charge in [0.15, 0.2) is 5.65 Å². The zero-order chi connectivity index (χ0) is 18.1. The molecule has 150 valence electrons. The number of aryl methyl sites for hydroxylation is 1. The number of piperidine rings is 1. The normalized spacial score (nSPS) is 16.1. The molecule has 4 rings (SSSR count). The summed E-state index contributed by atoms with van der Waals surface area (Å²) in [5.41, 5.74) is 1.22. The van der Waals surface area contributed by atoms with Gasteiger partial charge in [0, 0.05) is 12.5 Å². The molecule has 0 bridgehead atoms. The minimum Gasteiger partial charge on any atom is -0.427 e. The Morgan fingerprint density at radius 1 is 1.36 bits per heavy atom. The quantitative estimate of drug-likeness (QED) is 0.668. The molecule has 0 spiro atoms. The minimum absolute atomic E-state index is 0. The lowest BCUT2D eigenvalue weighted by Gasteiger charge is -2.22. The Hall–Kier alpha value is -2.42. The first-order valence-electron chi connectivity index (χ1n) is 8.58. The van der Waals surface area contributed by atoms with Gasteiger partial charge in [-0.25, -0.2) is 14.3 Å². The van der Waals surface area contributed by atoms with E-state index in [4.69, 9.17) is 4.42 Å². The van der Waals surface area contributed by atoms with Crippen LogP contribution >= 0.6 is 24.8 Å². The summed E-state index contributed by atoms with van der Waals surface area (Å²) in [5, 5.41) is 10.0. The number of hydrogen-bond donors (Lipinski definition) is 2. The zero-order valence-corrected chi connectivity index (χ0v) is 16.8. The second-order valence-electron chi connectivity index (χ2n) is 6.47. The van der Waals surface area contributed by atoms with Crippen molar-refractivity contribution in [2.24, 2.45) is 0 Å². The van der Waals surface area contributed by atoms with E-state index >= 15 is 0 Å². The smallest absolute Gasteiger partial charge is 0.349 e. The molecule has 2 N–H and O–H groups in total. The van der Waals surface area contributed by atoms with Crippen LogP contribution in [0.5, 0.6) is 0 Å².